The van der Waals surface area contributed by atoms with E-state index in [4.69, 9.17) is 14.7 Å². The van der Waals surface area contributed by atoms with Gasteiger partial charge >= 0.3 is 0 Å². The molecule has 2 aliphatic rings. The van der Waals surface area contributed by atoms with Crippen LogP contribution in [0.15, 0.2) is 54.6 Å². The molecule has 8 nitrogen and oxygen atoms in total. The van der Waals surface area contributed by atoms with Gasteiger partial charge in [0.1, 0.15) is 5.82 Å². The number of ether oxygens (including phenoxy) is 1. The Kier molecular flexibility index (Phi) is 7.32. The number of carbonyl (C=O) groups excluding carboxylic acids is 1. The van der Waals surface area contributed by atoms with E-state index in [1.165, 1.54) is 0 Å². The average molecular weight is 474 g/mol. The molecule has 35 heavy (non-hydrogen) atoms. The molecule has 3 aromatic rings. The van der Waals surface area contributed by atoms with Gasteiger partial charge in [-0.25, -0.2) is 9.97 Å². The largest absolute Gasteiger partial charge is 0.392 e. The second-order valence-electron chi connectivity index (χ2n) is 8.99. The summed E-state index contributed by atoms with van der Waals surface area (Å²) in [5.41, 5.74) is 4.12. The first-order valence-electron chi connectivity index (χ1n) is 12.2. The number of hydrogen-bond donors (Lipinski definition) is 3. The minimum Gasteiger partial charge on any atom is -0.392 e. The van der Waals surface area contributed by atoms with Gasteiger partial charge in [0.2, 0.25) is 5.91 Å². The fourth-order valence-corrected chi connectivity index (χ4v) is 4.56. The Balaban J connectivity index is 1.48. The lowest BCUT2D eigenvalue weighted by Gasteiger charge is -2.28. The van der Waals surface area contributed by atoms with Crippen molar-refractivity contribution in [3.63, 3.8) is 0 Å². The average Bonchev–Trinajstić information content (AvgIpc) is 2.94. The summed E-state index contributed by atoms with van der Waals surface area (Å²) in [5, 5.41) is 16.0. The van der Waals surface area contributed by atoms with Crippen LogP contribution in [0.2, 0.25) is 0 Å². The molecule has 3 N–H and O–H groups in total. The molecule has 0 aliphatic carbocycles. The first-order chi connectivity index (χ1) is 17.2. The molecule has 0 spiro atoms. The summed E-state index contributed by atoms with van der Waals surface area (Å²) in [4.78, 5) is 24.7. The maximum Gasteiger partial charge on any atom is 0.227 e. The molecule has 2 aliphatic heterocycles. The Morgan fingerprint density at radius 1 is 1.03 bits per heavy atom. The van der Waals surface area contributed by atoms with Crippen LogP contribution >= 0.6 is 0 Å². The van der Waals surface area contributed by atoms with Crippen molar-refractivity contribution >= 4 is 17.4 Å². The molecule has 2 saturated heterocycles. The lowest BCUT2D eigenvalue weighted by atomic mass is 9.97. The Hall–Kier alpha value is -3.33. The van der Waals surface area contributed by atoms with Gasteiger partial charge in [-0.2, -0.15) is 0 Å². The molecular formula is C27H31N5O3. The van der Waals surface area contributed by atoms with Crippen LogP contribution in [0.5, 0.6) is 0 Å². The fraction of sp³-hybridized carbons (Fsp3) is 0.370. The van der Waals surface area contributed by atoms with Crippen LogP contribution in [0.3, 0.4) is 0 Å². The summed E-state index contributed by atoms with van der Waals surface area (Å²) in [5.74, 6) is 1.53. The normalized spacial score (nSPS) is 16.8. The van der Waals surface area contributed by atoms with E-state index in [1.807, 2.05) is 54.6 Å². The molecule has 1 amide bonds. The number of hydrogen-bond acceptors (Lipinski definition) is 7. The molecule has 182 valence electrons. The molecule has 0 atom stereocenters. The third-order valence-corrected chi connectivity index (χ3v) is 6.55. The number of morpholine rings is 1. The molecule has 0 saturated carbocycles. The number of rotatable bonds is 6. The van der Waals surface area contributed by atoms with Crippen molar-refractivity contribution < 1.29 is 14.6 Å². The van der Waals surface area contributed by atoms with Gasteiger partial charge in [-0.05, 0) is 49.7 Å². The highest BCUT2D eigenvalue weighted by molar-refractivity contribution is 5.93. The van der Waals surface area contributed by atoms with Crippen molar-refractivity contribution in [1.29, 1.82) is 0 Å². The quantitative estimate of drug-likeness (QED) is 0.506. The van der Waals surface area contributed by atoms with Crippen molar-refractivity contribution in [2.45, 2.75) is 19.4 Å². The van der Waals surface area contributed by atoms with Crippen LogP contribution in [-0.2, 0) is 16.1 Å². The smallest absolute Gasteiger partial charge is 0.227 e. The zero-order valence-electron chi connectivity index (χ0n) is 19.7. The lowest BCUT2D eigenvalue weighted by molar-refractivity contribution is -0.120. The van der Waals surface area contributed by atoms with Crippen LogP contribution in [-0.4, -0.2) is 60.4 Å². The highest BCUT2D eigenvalue weighted by Gasteiger charge is 2.21. The van der Waals surface area contributed by atoms with E-state index in [0.29, 0.717) is 19.0 Å². The third-order valence-electron chi connectivity index (χ3n) is 6.55. The van der Waals surface area contributed by atoms with Crippen LogP contribution in [0.1, 0.15) is 18.4 Å². The summed E-state index contributed by atoms with van der Waals surface area (Å²) >= 11 is 0. The molecule has 1 aromatic heterocycles. The van der Waals surface area contributed by atoms with E-state index >= 15 is 0 Å². The molecule has 5 rings (SSSR count). The topological polar surface area (TPSA) is 99.6 Å². The number of anilines is 2. The van der Waals surface area contributed by atoms with Gasteiger partial charge in [0.15, 0.2) is 5.82 Å². The SMILES string of the molecule is O=C(Nc1cccc(-c2nc(-c3cccc(CO)c3)cc(N3CCOCC3)n2)c1)C1CCNCC1. The van der Waals surface area contributed by atoms with E-state index in [0.717, 1.165) is 72.9 Å². The van der Waals surface area contributed by atoms with Crippen molar-refractivity contribution in [3.05, 3.63) is 60.2 Å². The van der Waals surface area contributed by atoms with E-state index in [-0.39, 0.29) is 18.4 Å². The third kappa shape index (κ3) is 5.67. The maximum atomic E-state index is 12.8. The predicted molar refractivity (Wildman–Crippen MR) is 136 cm³/mol. The van der Waals surface area contributed by atoms with E-state index in [1.54, 1.807) is 0 Å². The first-order valence-corrected chi connectivity index (χ1v) is 12.2. The van der Waals surface area contributed by atoms with Gasteiger partial charge in [0, 0.05) is 41.9 Å². The Morgan fingerprint density at radius 2 is 1.80 bits per heavy atom. The second kappa shape index (κ2) is 10.9. The fourth-order valence-electron chi connectivity index (χ4n) is 4.56. The van der Waals surface area contributed by atoms with Crippen LogP contribution in [0.4, 0.5) is 11.5 Å². The minimum absolute atomic E-state index is 0.0269. The zero-order chi connectivity index (χ0) is 24.0. The highest BCUT2D eigenvalue weighted by atomic mass is 16.5. The van der Waals surface area contributed by atoms with Crippen LogP contribution in [0, 0.1) is 5.92 Å². The zero-order valence-corrected chi connectivity index (χ0v) is 19.7. The Morgan fingerprint density at radius 3 is 2.60 bits per heavy atom. The van der Waals surface area contributed by atoms with Gasteiger partial charge < -0.3 is 25.4 Å². The molecule has 8 heteroatoms. The number of aliphatic hydroxyl groups excluding tert-OH is 1. The van der Waals surface area contributed by atoms with Gasteiger partial charge in [0.25, 0.3) is 0 Å². The molecular weight excluding hydrogens is 442 g/mol. The van der Waals surface area contributed by atoms with Crippen LogP contribution in [0.25, 0.3) is 22.6 Å². The Bertz CT molecular complexity index is 1170. The van der Waals surface area contributed by atoms with Gasteiger partial charge in [-0.15, -0.1) is 0 Å². The maximum absolute atomic E-state index is 12.8. The van der Waals surface area contributed by atoms with E-state index < -0.39 is 0 Å². The first kappa shape index (κ1) is 23.4. The molecule has 0 radical (unpaired) electrons. The summed E-state index contributed by atoms with van der Waals surface area (Å²) < 4.78 is 5.53. The number of benzene rings is 2. The number of carbonyl (C=O) groups is 1. The molecule has 2 aromatic carbocycles. The molecule has 0 unspecified atom stereocenters. The number of aromatic nitrogens is 2. The second-order valence-corrected chi connectivity index (χ2v) is 8.99. The number of piperidine rings is 1. The minimum atomic E-state index is -0.0269. The summed E-state index contributed by atoms with van der Waals surface area (Å²) in [6, 6.07) is 17.5. The van der Waals surface area contributed by atoms with Gasteiger partial charge in [-0.1, -0.05) is 30.3 Å². The van der Waals surface area contributed by atoms with Crippen LogP contribution < -0.4 is 15.5 Å². The number of nitrogens with one attached hydrogen (secondary N) is 2. The molecule has 0 bridgehead atoms. The highest BCUT2D eigenvalue weighted by Crippen LogP contribution is 2.28. The molecule has 3 heterocycles. The number of nitrogens with zero attached hydrogens (tertiary/aromatic N) is 3. The van der Waals surface area contributed by atoms with E-state index in [9.17, 15) is 9.90 Å². The predicted octanol–water partition coefficient (Wildman–Crippen LogP) is 3.08. The standard InChI is InChI=1S/C27H31N5O3/c33-18-19-3-1-4-21(15-19)24-17-25(32-11-13-35-14-12-32)31-26(30-24)22-5-2-6-23(16-22)29-27(34)20-7-9-28-10-8-20/h1-6,15-17,20,28,33H,7-14,18H2,(H,29,34). The Labute approximate surface area is 205 Å². The van der Waals surface area contributed by atoms with Crippen molar-refractivity contribution in [2.24, 2.45) is 5.92 Å². The lowest BCUT2D eigenvalue weighted by Crippen LogP contribution is -2.36. The molecule has 2 fully saturated rings. The summed E-state index contributed by atoms with van der Waals surface area (Å²) in [7, 11) is 0. The summed E-state index contributed by atoms with van der Waals surface area (Å²) in [6.07, 6.45) is 1.71. The van der Waals surface area contributed by atoms with Crippen molar-refractivity contribution in [1.82, 2.24) is 15.3 Å². The van der Waals surface area contributed by atoms with Gasteiger partial charge in [0.05, 0.1) is 25.5 Å². The van der Waals surface area contributed by atoms with E-state index in [2.05, 4.69) is 15.5 Å². The van der Waals surface area contributed by atoms with Gasteiger partial charge in [-0.3, -0.25) is 4.79 Å². The number of amides is 1. The monoisotopic (exact) mass is 473 g/mol. The van der Waals surface area contributed by atoms with Crippen molar-refractivity contribution in [2.75, 3.05) is 49.6 Å². The van der Waals surface area contributed by atoms with Crippen molar-refractivity contribution in [3.8, 4) is 22.6 Å². The summed E-state index contributed by atoms with van der Waals surface area (Å²) in [6.45, 7) is 4.57. The number of aliphatic hydroxyl groups is 1.